The molecule has 0 radical (unpaired) electrons. The monoisotopic (exact) mass is 266 g/mol. The summed E-state index contributed by atoms with van der Waals surface area (Å²) in [6.45, 7) is 10.3. The van der Waals surface area contributed by atoms with E-state index in [9.17, 15) is 0 Å². The van der Waals surface area contributed by atoms with Gasteiger partial charge in [-0.3, -0.25) is 4.90 Å². The summed E-state index contributed by atoms with van der Waals surface area (Å²) < 4.78 is 0. The van der Waals surface area contributed by atoms with E-state index in [1.165, 1.54) is 42.1 Å². The fourth-order valence-electron chi connectivity index (χ4n) is 2.59. The Bertz CT molecular complexity index is 353. The van der Waals surface area contributed by atoms with Crippen molar-refractivity contribution in [2.45, 2.75) is 58.7 Å². The number of piperidine rings is 1. The molecule has 3 heteroatoms. The summed E-state index contributed by atoms with van der Waals surface area (Å²) in [5, 5.41) is 3.66. The van der Waals surface area contributed by atoms with Gasteiger partial charge in [-0.25, -0.2) is 0 Å². The number of nitrogens with zero attached hydrogens (tertiary/aromatic N) is 1. The van der Waals surface area contributed by atoms with E-state index in [2.05, 4.69) is 43.1 Å². The summed E-state index contributed by atoms with van der Waals surface area (Å²) in [7, 11) is 0. The second-order valence-electron chi connectivity index (χ2n) is 5.68. The normalized spacial score (nSPS) is 20.8. The van der Waals surface area contributed by atoms with Crippen LogP contribution in [-0.4, -0.2) is 30.1 Å². The Morgan fingerprint density at radius 1 is 1.39 bits per heavy atom. The van der Waals surface area contributed by atoms with Crippen LogP contribution in [0.3, 0.4) is 0 Å². The van der Waals surface area contributed by atoms with Crippen molar-refractivity contribution in [1.82, 2.24) is 10.2 Å². The molecule has 1 aromatic rings. The third kappa shape index (κ3) is 4.08. The minimum Gasteiger partial charge on any atom is -0.313 e. The first-order chi connectivity index (χ1) is 8.65. The summed E-state index contributed by atoms with van der Waals surface area (Å²) in [6, 6.07) is 5.83. The minimum absolute atomic E-state index is 0.621. The van der Waals surface area contributed by atoms with Crippen LogP contribution in [0.2, 0.25) is 0 Å². The molecule has 0 saturated carbocycles. The Kier molecular flexibility index (Phi) is 5.22. The molecule has 18 heavy (non-hydrogen) atoms. The van der Waals surface area contributed by atoms with Crippen molar-refractivity contribution < 1.29 is 0 Å². The molecule has 2 heterocycles. The van der Waals surface area contributed by atoms with E-state index >= 15 is 0 Å². The van der Waals surface area contributed by atoms with Crippen molar-refractivity contribution in [1.29, 1.82) is 0 Å². The van der Waals surface area contributed by atoms with Crippen LogP contribution in [0.4, 0.5) is 0 Å². The fourth-order valence-corrected chi connectivity index (χ4v) is 3.51. The Hall–Kier alpha value is -0.380. The molecule has 1 aliphatic heterocycles. The smallest absolute Gasteiger partial charge is 0.0331 e. The highest BCUT2D eigenvalue weighted by Gasteiger charge is 2.19. The lowest BCUT2D eigenvalue weighted by molar-refractivity contribution is 0.178. The van der Waals surface area contributed by atoms with Crippen LogP contribution in [0.25, 0.3) is 0 Å². The van der Waals surface area contributed by atoms with Gasteiger partial charge >= 0.3 is 0 Å². The zero-order valence-corrected chi connectivity index (χ0v) is 12.7. The largest absolute Gasteiger partial charge is 0.313 e. The molecule has 2 rings (SSSR count). The Balaban J connectivity index is 1.90. The molecule has 1 saturated heterocycles. The van der Waals surface area contributed by atoms with E-state index in [1.807, 2.05) is 11.3 Å². The zero-order valence-electron chi connectivity index (χ0n) is 11.9. The molecule has 1 atom stereocenters. The maximum atomic E-state index is 3.66. The molecule has 0 bridgehead atoms. The third-order valence-corrected chi connectivity index (χ3v) is 4.74. The van der Waals surface area contributed by atoms with Crippen LogP contribution in [0, 0.1) is 6.92 Å². The highest BCUT2D eigenvalue weighted by Crippen LogP contribution is 2.19. The predicted molar refractivity (Wildman–Crippen MR) is 80.2 cm³/mol. The topological polar surface area (TPSA) is 15.3 Å². The van der Waals surface area contributed by atoms with Crippen LogP contribution < -0.4 is 5.32 Å². The number of hydrogen-bond donors (Lipinski definition) is 1. The van der Waals surface area contributed by atoms with Gasteiger partial charge in [0.2, 0.25) is 0 Å². The van der Waals surface area contributed by atoms with Crippen LogP contribution in [0.5, 0.6) is 0 Å². The molecule has 0 aromatic carbocycles. The molecule has 1 unspecified atom stereocenters. The Morgan fingerprint density at radius 2 is 2.22 bits per heavy atom. The van der Waals surface area contributed by atoms with Gasteiger partial charge in [0.15, 0.2) is 0 Å². The second-order valence-corrected chi connectivity index (χ2v) is 7.05. The summed E-state index contributed by atoms with van der Waals surface area (Å²) in [5.74, 6) is 0. The average Bonchev–Trinajstić information content (AvgIpc) is 2.75. The van der Waals surface area contributed by atoms with E-state index in [1.54, 1.807) is 0 Å². The van der Waals surface area contributed by atoms with Gasteiger partial charge in [-0.05, 0) is 52.3 Å². The van der Waals surface area contributed by atoms with Gasteiger partial charge in [-0.1, -0.05) is 6.42 Å². The summed E-state index contributed by atoms with van der Waals surface area (Å²) in [4.78, 5) is 5.52. The van der Waals surface area contributed by atoms with Gasteiger partial charge < -0.3 is 5.32 Å². The van der Waals surface area contributed by atoms with Crippen molar-refractivity contribution in [3.8, 4) is 0 Å². The zero-order chi connectivity index (χ0) is 13.0. The highest BCUT2D eigenvalue weighted by atomic mass is 32.1. The number of rotatable bonds is 5. The van der Waals surface area contributed by atoms with Gasteiger partial charge in [0.1, 0.15) is 0 Å². The quantitative estimate of drug-likeness (QED) is 0.878. The Morgan fingerprint density at radius 3 is 2.78 bits per heavy atom. The van der Waals surface area contributed by atoms with Gasteiger partial charge in [-0.15, -0.1) is 11.3 Å². The highest BCUT2D eigenvalue weighted by molar-refractivity contribution is 7.11. The number of nitrogens with one attached hydrogen (secondary N) is 1. The molecule has 1 aromatic heterocycles. The van der Waals surface area contributed by atoms with Crippen molar-refractivity contribution in [2.75, 3.05) is 13.1 Å². The SMILES string of the molecule is Cc1ccc(CN(CC2CCCCN2)C(C)C)s1. The molecule has 102 valence electrons. The fraction of sp³-hybridized carbons (Fsp3) is 0.733. The van der Waals surface area contributed by atoms with Crippen LogP contribution in [0.1, 0.15) is 42.9 Å². The first-order valence-corrected chi connectivity index (χ1v) is 7.99. The van der Waals surface area contributed by atoms with Crippen molar-refractivity contribution in [2.24, 2.45) is 0 Å². The van der Waals surface area contributed by atoms with Gasteiger partial charge in [-0.2, -0.15) is 0 Å². The molecular weight excluding hydrogens is 240 g/mol. The molecular formula is C15H26N2S. The lowest BCUT2D eigenvalue weighted by atomic mass is 10.0. The third-order valence-electron chi connectivity index (χ3n) is 3.75. The van der Waals surface area contributed by atoms with Crippen molar-refractivity contribution in [3.05, 3.63) is 21.9 Å². The van der Waals surface area contributed by atoms with E-state index in [0.29, 0.717) is 12.1 Å². The first-order valence-electron chi connectivity index (χ1n) is 7.18. The number of aryl methyl sites for hydroxylation is 1. The molecule has 0 spiro atoms. The molecule has 0 aliphatic carbocycles. The van der Waals surface area contributed by atoms with Crippen molar-refractivity contribution in [3.63, 3.8) is 0 Å². The lowest BCUT2D eigenvalue weighted by Crippen LogP contribution is -2.45. The van der Waals surface area contributed by atoms with E-state index in [0.717, 1.165) is 6.54 Å². The molecule has 1 fully saturated rings. The Labute approximate surface area is 115 Å². The van der Waals surface area contributed by atoms with Gasteiger partial charge in [0.25, 0.3) is 0 Å². The summed E-state index contributed by atoms with van der Waals surface area (Å²) in [5.41, 5.74) is 0. The molecule has 2 nitrogen and oxygen atoms in total. The van der Waals surface area contributed by atoms with Gasteiger partial charge in [0, 0.05) is 34.9 Å². The van der Waals surface area contributed by atoms with Gasteiger partial charge in [0.05, 0.1) is 0 Å². The van der Waals surface area contributed by atoms with E-state index in [4.69, 9.17) is 0 Å². The second kappa shape index (κ2) is 6.69. The van der Waals surface area contributed by atoms with Crippen LogP contribution >= 0.6 is 11.3 Å². The summed E-state index contributed by atoms with van der Waals surface area (Å²) in [6.07, 6.45) is 4.08. The van der Waals surface area contributed by atoms with Crippen LogP contribution in [0.15, 0.2) is 12.1 Å². The van der Waals surface area contributed by atoms with E-state index in [-0.39, 0.29) is 0 Å². The van der Waals surface area contributed by atoms with Crippen molar-refractivity contribution >= 4 is 11.3 Å². The first kappa shape index (κ1) is 14.0. The number of hydrogen-bond acceptors (Lipinski definition) is 3. The average molecular weight is 266 g/mol. The predicted octanol–water partition coefficient (Wildman–Crippen LogP) is 3.41. The van der Waals surface area contributed by atoms with Crippen LogP contribution in [-0.2, 0) is 6.54 Å². The molecule has 0 amide bonds. The molecule has 1 N–H and O–H groups in total. The minimum atomic E-state index is 0.621. The molecule has 1 aliphatic rings. The standard InChI is InChI=1S/C15H26N2S/c1-12(2)17(10-14-6-4-5-9-16-14)11-15-8-7-13(3)18-15/h7-8,12,14,16H,4-6,9-11H2,1-3H3. The maximum absolute atomic E-state index is 3.66. The van der Waals surface area contributed by atoms with E-state index < -0.39 is 0 Å². The maximum Gasteiger partial charge on any atom is 0.0331 e. The lowest BCUT2D eigenvalue weighted by Gasteiger charge is -2.32. The summed E-state index contributed by atoms with van der Waals surface area (Å²) >= 11 is 1.93. The number of thiophene rings is 1.